The first-order valence-electron chi connectivity index (χ1n) is 6.68. The smallest absolute Gasteiger partial charge is 0.143 e. The van der Waals surface area contributed by atoms with Crippen molar-refractivity contribution in [3.8, 4) is 0 Å². The van der Waals surface area contributed by atoms with Gasteiger partial charge in [-0.2, -0.15) is 0 Å². The van der Waals surface area contributed by atoms with Crippen molar-refractivity contribution in [3.05, 3.63) is 0 Å². The van der Waals surface area contributed by atoms with Crippen molar-refractivity contribution >= 4 is 0 Å². The van der Waals surface area contributed by atoms with E-state index in [1.807, 2.05) is 0 Å². The lowest BCUT2D eigenvalue weighted by Gasteiger charge is -2.56. The summed E-state index contributed by atoms with van der Waals surface area (Å²) in [5, 5.41) is 3.57. The molecule has 2 unspecified atom stereocenters. The second-order valence-electron chi connectivity index (χ2n) is 6.29. The van der Waals surface area contributed by atoms with Crippen molar-refractivity contribution in [1.29, 1.82) is 0 Å². The van der Waals surface area contributed by atoms with Gasteiger partial charge in [0.05, 0.1) is 13.2 Å². The van der Waals surface area contributed by atoms with E-state index in [-0.39, 0.29) is 16.7 Å². The molecule has 98 valence electrons. The van der Waals surface area contributed by atoms with Crippen molar-refractivity contribution in [3.63, 3.8) is 0 Å². The Kier molecular flexibility index (Phi) is 2.74. The number of nitrogens with one attached hydrogen (secondary N) is 1. The van der Waals surface area contributed by atoms with Crippen LogP contribution in [0.4, 0.5) is 0 Å². The average molecular weight is 241 g/mol. The zero-order chi connectivity index (χ0) is 12.0. The summed E-state index contributed by atoms with van der Waals surface area (Å²) >= 11 is 0. The second-order valence-corrected chi connectivity index (χ2v) is 6.29. The summed E-state index contributed by atoms with van der Waals surface area (Å²) in [6.45, 7) is 8.59. The summed E-state index contributed by atoms with van der Waals surface area (Å²) in [4.78, 5) is 0. The molecule has 0 aromatic rings. The van der Waals surface area contributed by atoms with Crippen LogP contribution in [0.25, 0.3) is 0 Å². The predicted molar refractivity (Wildman–Crippen MR) is 63.8 cm³/mol. The van der Waals surface area contributed by atoms with Crippen LogP contribution in [0.1, 0.15) is 33.1 Å². The molecule has 0 bridgehead atoms. The first-order valence-corrected chi connectivity index (χ1v) is 6.68. The van der Waals surface area contributed by atoms with Crippen LogP contribution in [0.15, 0.2) is 0 Å². The molecule has 3 aliphatic heterocycles. The van der Waals surface area contributed by atoms with Gasteiger partial charge in [-0.05, 0) is 12.8 Å². The maximum Gasteiger partial charge on any atom is 0.143 e. The van der Waals surface area contributed by atoms with Crippen LogP contribution < -0.4 is 5.32 Å². The van der Waals surface area contributed by atoms with Crippen LogP contribution in [0, 0.1) is 5.41 Å². The summed E-state index contributed by atoms with van der Waals surface area (Å²) in [5.41, 5.74) is -0.271. The van der Waals surface area contributed by atoms with E-state index >= 15 is 0 Å². The summed E-state index contributed by atoms with van der Waals surface area (Å²) in [5.74, 6) is 0. The van der Waals surface area contributed by atoms with E-state index in [0.717, 1.165) is 45.6 Å². The zero-order valence-corrected chi connectivity index (χ0v) is 10.9. The summed E-state index contributed by atoms with van der Waals surface area (Å²) < 4.78 is 17.7. The fraction of sp³-hybridized carbons (Fsp3) is 1.00. The Morgan fingerprint density at radius 3 is 2.47 bits per heavy atom. The molecule has 2 spiro atoms. The minimum absolute atomic E-state index is 0.117. The summed E-state index contributed by atoms with van der Waals surface area (Å²) in [7, 11) is 0. The van der Waals surface area contributed by atoms with Crippen LogP contribution in [0.5, 0.6) is 0 Å². The molecule has 0 amide bonds. The third kappa shape index (κ3) is 1.82. The van der Waals surface area contributed by atoms with Gasteiger partial charge in [-0.25, -0.2) is 0 Å². The van der Waals surface area contributed by atoms with Crippen molar-refractivity contribution in [2.24, 2.45) is 5.41 Å². The third-order valence-corrected chi connectivity index (χ3v) is 4.67. The molecule has 2 atom stereocenters. The van der Waals surface area contributed by atoms with Gasteiger partial charge in [0, 0.05) is 31.6 Å². The molecule has 4 nitrogen and oxygen atoms in total. The Bertz CT molecular complexity index is 291. The minimum atomic E-state index is -0.262. The normalized spacial score (nSPS) is 45.5. The highest BCUT2D eigenvalue weighted by Crippen LogP contribution is 2.47. The van der Waals surface area contributed by atoms with Gasteiger partial charge in [0.2, 0.25) is 0 Å². The van der Waals surface area contributed by atoms with Crippen molar-refractivity contribution in [1.82, 2.24) is 5.32 Å². The van der Waals surface area contributed by atoms with Crippen molar-refractivity contribution < 1.29 is 14.2 Å². The van der Waals surface area contributed by atoms with Crippen molar-refractivity contribution in [2.75, 3.05) is 33.0 Å². The van der Waals surface area contributed by atoms with E-state index in [0.29, 0.717) is 6.61 Å². The molecule has 0 aromatic carbocycles. The average Bonchev–Trinajstić information content (AvgIpc) is 2.77. The minimum Gasteiger partial charge on any atom is -0.378 e. The van der Waals surface area contributed by atoms with Crippen LogP contribution in [-0.2, 0) is 14.2 Å². The van der Waals surface area contributed by atoms with E-state index in [4.69, 9.17) is 14.2 Å². The van der Waals surface area contributed by atoms with Crippen LogP contribution in [0.3, 0.4) is 0 Å². The SMILES string of the molecule is CC1(C)CNC2(CCCOC2)OC12CCOC2. The predicted octanol–water partition coefficient (Wildman–Crippen LogP) is 1.30. The molecule has 3 rings (SSSR count). The highest BCUT2D eigenvalue weighted by Gasteiger charge is 2.57. The van der Waals surface area contributed by atoms with Gasteiger partial charge in [-0.1, -0.05) is 13.8 Å². The van der Waals surface area contributed by atoms with E-state index in [2.05, 4.69) is 19.2 Å². The van der Waals surface area contributed by atoms with Gasteiger partial charge >= 0.3 is 0 Å². The highest BCUT2D eigenvalue weighted by atomic mass is 16.6. The molecule has 17 heavy (non-hydrogen) atoms. The number of hydrogen-bond acceptors (Lipinski definition) is 4. The lowest BCUT2D eigenvalue weighted by molar-refractivity contribution is -0.276. The molecule has 1 N–H and O–H groups in total. The molecule has 3 aliphatic rings. The first kappa shape index (κ1) is 11.9. The number of hydrogen-bond donors (Lipinski definition) is 1. The molecular formula is C13H23NO3. The molecule has 0 saturated carbocycles. The van der Waals surface area contributed by atoms with Crippen LogP contribution >= 0.6 is 0 Å². The Hall–Kier alpha value is -0.160. The molecule has 0 aromatic heterocycles. The fourth-order valence-electron chi connectivity index (χ4n) is 3.24. The molecule has 0 aliphatic carbocycles. The molecule has 4 heteroatoms. The van der Waals surface area contributed by atoms with Gasteiger partial charge in [0.25, 0.3) is 0 Å². The summed E-state index contributed by atoms with van der Waals surface area (Å²) in [6, 6.07) is 0. The fourth-order valence-corrected chi connectivity index (χ4v) is 3.24. The van der Waals surface area contributed by atoms with E-state index in [9.17, 15) is 0 Å². The quantitative estimate of drug-likeness (QED) is 0.694. The topological polar surface area (TPSA) is 39.7 Å². The highest BCUT2D eigenvalue weighted by molar-refractivity contribution is 5.05. The van der Waals surface area contributed by atoms with E-state index < -0.39 is 0 Å². The van der Waals surface area contributed by atoms with E-state index in [1.165, 1.54) is 0 Å². The first-order chi connectivity index (χ1) is 8.08. The lowest BCUT2D eigenvalue weighted by atomic mass is 9.72. The van der Waals surface area contributed by atoms with Gasteiger partial charge < -0.3 is 14.2 Å². The largest absolute Gasteiger partial charge is 0.378 e. The molecule has 3 saturated heterocycles. The van der Waals surface area contributed by atoms with Gasteiger partial charge in [-0.15, -0.1) is 0 Å². The van der Waals surface area contributed by atoms with Gasteiger partial charge in [-0.3, -0.25) is 5.32 Å². The summed E-state index contributed by atoms with van der Waals surface area (Å²) in [6.07, 6.45) is 3.12. The van der Waals surface area contributed by atoms with Gasteiger partial charge in [0.1, 0.15) is 11.3 Å². The van der Waals surface area contributed by atoms with E-state index in [1.54, 1.807) is 0 Å². The Morgan fingerprint density at radius 2 is 1.82 bits per heavy atom. The molecule has 0 radical (unpaired) electrons. The standard InChI is InChI=1S/C13H23NO3/c1-11(2)8-14-13(4-3-6-15-10-13)17-12(11)5-7-16-9-12/h14H,3-10H2,1-2H3. The Balaban J connectivity index is 1.84. The molecular weight excluding hydrogens is 218 g/mol. The van der Waals surface area contributed by atoms with Crippen LogP contribution in [0.2, 0.25) is 0 Å². The third-order valence-electron chi connectivity index (χ3n) is 4.67. The molecule has 3 fully saturated rings. The maximum atomic E-state index is 6.52. The van der Waals surface area contributed by atoms with Gasteiger partial charge in [0.15, 0.2) is 0 Å². The van der Waals surface area contributed by atoms with Crippen molar-refractivity contribution in [2.45, 2.75) is 44.4 Å². The Labute approximate surface area is 103 Å². The maximum absolute atomic E-state index is 6.52. The molecule has 3 heterocycles. The number of rotatable bonds is 0. The monoisotopic (exact) mass is 241 g/mol. The Morgan fingerprint density at radius 1 is 1.00 bits per heavy atom. The zero-order valence-electron chi connectivity index (χ0n) is 10.9. The van der Waals surface area contributed by atoms with Crippen LogP contribution in [-0.4, -0.2) is 44.3 Å². The lowest BCUT2D eigenvalue weighted by Crippen LogP contribution is -2.70. The second kappa shape index (κ2) is 3.92. The number of ether oxygens (including phenoxy) is 3.